The SMILES string of the molecule is Cc1nccc(-c2cccc(N/N=C(/C#N)C(=O)c3ccccc3)c2)n1. The summed E-state index contributed by atoms with van der Waals surface area (Å²) in [6.07, 6.45) is 1.70. The topological polar surface area (TPSA) is 91.0 Å². The highest BCUT2D eigenvalue weighted by atomic mass is 16.1. The van der Waals surface area contributed by atoms with Gasteiger partial charge in [-0.25, -0.2) is 9.97 Å². The fourth-order valence-corrected chi connectivity index (χ4v) is 2.34. The van der Waals surface area contributed by atoms with E-state index in [0.29, 0.717) is 17.1 Å². The van der Waals surface area contributed by atoms with E-state index in [1.54, 1.807) is 42.6 Å². The predicted octanol–water partition coefficient (Wildman–Crippen LogP) is 3.63. The minimum absolute atomic E-state index is 0.209. The van der Waals surface area contributed by atoms with Crippen LogP contribution in [0.4, 0.5) is 5.69 Å². The number of Topliss-reactive ketones (excluding diaryl/α,β-unsaturated/α-hetero) is 1. The maximum Gasteiger partial charge on any atom is 0.223 e. The molecule has 126 valence electrons. The predicted molar refractivity (Wildman–Crippen MR) is 99.6 cm³/mol. The van der Waals surface area contributed by atoms with Crippen LogP contribution in [0.25, 0.3) is 11.3 Å². The van der Waals surface area contributed by atoms with Crippen molar-refractivity contribution >= 4 is 17.2 Å². The summed E-state index contributed by atoms with van der Waals surface area (Å²) in [6, 6.07) is 19.6. The molecule has 0 fully saturated rings. The molecule has 26 heavy (non-hydrogen) atoms. The average molecular weight is 341 g/mol. The van der Waals surface area contributed by atoms with Crippen LogP contribution >= 0.6 is 0 Å². The molecule has 1 heterocycles. The van der Waals surface area contributed by atoms with Gasteiger partial charge in [-0.15, -0.1) is 0 Å². The van der Waals surface area contributed by atoms with Crippen molar-refractivity contribution in [1.29, 1.82) is 5.26 Å². The minimum atomic E-state index is -0.428. The van der Waals surface area contributed by atoms with E-state index in [9.17, 15) is 10.1 Å². The van der Waals surface area contributed by atoms with Gasteiger partial charge in [0, 0.05) is 17.3 Å². The molecule has 3 aromatic rings. The smallest absolute Gasteiger partial charge is 0.223 e. The molecule has 0 amide bonds. The van der Waals surface area contributed by atoms with Crippen molar-refractivity contribution in [2.75, 3.05) is 5.43 Å². The standard InChI is InChI=1S/C20H15N5O/c1-14-22-11-10-18(23-14)16-8-5-9-17(12-16)24-25-19(13-21)20(26)15-6-3-2-4-7-15/h2-12,24H,1H3/b25-19-. The lowest BCUT2D eigenvalue weighted by molar-refractivity contribution is 0.106. The molecule has 6 heteroatoms. The Morgan fingerprint density at radius 2 is 1.92 bits per heavy atom. The van der Waals surface area contributed by atoms with Crippen molar-refractivity contribution in [1.82, 2.24) is 9.97 Å². The zero-order valence-electron chi connectivity index (χ0n) is 14.0. The number of anilines is 1. The van der Waals surface area contributed by atoms with E-state index in [1.165, 1.54) is 0 Å². The van der Waals surface area contributed by atoms with Gasteiger partial charge in [0.15, 0.2) is 0 Å². The molecule has 0 bridgehead atoms. The van der Waals surface area contributed by atoms with Crippen LogP contribution in [0.1, 0.15) is 16.2 Å². The summed E-state index contributed by atoms with van der Waals surface area (Å²) in [4.78, 5) is 20.8. The van der Waals surface area contributed by atoms with Gasteiger partial charge in [-0.1, -0.05) is 42.5 Å². The third-order valence-electron chi connectivity index (χ3n) is 3.59. The lowest BCUT2D eigenvalue weighted by atomic mass is 10.1. The number of nitrogens with one attached hydrogen (secondary N) is 1. The highest BCUT2D eigenvalue weighted by molar-refractivity contribution is 6.51. The molecule has 0 atom stereocenters. The van der Waals surface area contributed by atoms with E-state index >= 15 is 0 Å². The first-order valence-electron chi connectivity index (χ1n) is 7.91. The molecule has 0 aliphatic rings. The molecule has 0 saturated heterocycles. The van der Waals surface area contributed by atoms with Gasteiger partial charge < -0.3 is 0 Å². The van der Waals surface area contributed by atoms with Crippen LogP contribution in [0.2, 0.25) is 0 Å². The number of aryl methyl sites for hydroxylation is 1. The summed E-state index contributed by atoms with van der Waals surface area (Å²) >= 11 is 0. The summed E-state index contributed by atoms with van der Waals surface area (Å²) < 4.78 is 0. The molecular formula is C20H15N5O. The third-order valence-corrected chi connectivity index (χ3v) is 3.59. The number of hydrogen-bond donors (Lipinski definition) is 1. The Morgan fingerprint density at radius 1 is 1.12 bits per heavy atom. The zero-order chi connectivity index (χ0) is 18.4. The second kappa shape index (κ2) is 7.81. The summed E-state index contributed by atoms with van der Waals surface area (Å²) in [7, 11) is 0. The van der Waals surface area contributed by atoms with Crippen LogP contribution in [-0.2, 0) is 0 Å². The summed E-state index contributed by atoms with van der Waals surface area (Å²) in [5, 5.41) is 13.2. The molecule has 2 aromatic carbocycles. The van der Waals surface area contributed by atoms with Crippen molar-refractivity contribution in [3.8, 4) is 17.3 Å². The van der Waals surface area contributed by atoms with E-state index in [2.05, 4.69) is 20.5 Å². The molecule has 0 saturated carbocycles. The summed E-state index contributed by atoms with van der Waals surface area (Å²) in [5.41, 5.74) is 5.29. The van der Waals surface area contributed by atoms with Gasteiger partial charge in [-0.3, -0.25) is 10.2 Å². The van der Waals surface area contributed by atoms with Crippen molar-refractivity contribution < 1.29 is 4.79 Å². The molecule has 1 aromatic heterocycles. The molecule has 0 aliphatic heterocycles. The Bertz CT molecular complexity index is 1010. The van der Waals surface area contributed by atoms with Crippen molar-refractivity contribution in [3.63, 3.8) is 0 Å². The fourth-order valence-electron chi connectivity index (χ4n) is 2.34. The maximum atomic E-state index is 12.3. The number of aromatic nitrogens is 2. The van der Waals surface area contributed by atoms with E-state index in [0.717, 1.165) is 11.3 Å². The number of ketones is 1. The highest BCUT2D eigenvalue weighted by Gasteiger charge is 2.13. The quantitative estimate of drug-likeness (QED) is 0.435. The van der Waals surface area contributed by atoms with Crippen LogP contribution in [0.5, 0.6) is 0 Å². The Kier molecular flexibility index (Phi) is 5.11. The first-order valence-corrected chi connectivity index (χ1v) is 7.91. The highest BCUT2D eigenvalue weighted by Crippen LogP contribution is 2.20. The van der Waals surface area contributed by atoms with Gasteiger partial charge in [0.05, 0.1) is 11.4 Å². The van der Waals surface area contributed by atoms with E-state index in [-0.39, 0.29) is 5.71 Å². The molecule has 0 radical (unpaired) electrons. The Balaban J connectivity index is 1.82. The molecule has 0 aliphatic carbocycles. The Morgan fingerprint density at radius 3 is 2.65 bits per heavy atom. The van der Waals surface area contributed by atoms with Crippen LogP contribution in [0.3, 0.4) is 0 Å². The molecule has 6 nitrogen and oxygen atoms in total. The van der Waals surface area contributed by atoms with Crippen LogP contribution in [-0.4, -0.2) is 21.5 Å². The number of hydrogen-bond acceptors (Lipinski definition) is 6. The lowest BCUT2D eigenvalue weighted by Crippen LogP contribution is -2.14. The molecule has 1 N–H and O–H groups in total. The molecular weight excluding hydrogens is 326 g/mol. The number of nitriles is 1. The maximum absolute atomic E-state index is 12.3. The van der Waals surface area contributed by atoms with E-state index < -0.39 is 5.78 Å². The van der Waals surface area contributed by atoms with Gasteiger partial charge >= 0.3 is 0 Å². The van der Waals surface area contributed by atoms with Gasteiger partial charge in [-0.2, -0.15) is 10.4 Å². The average Bonchev–Trinajstić information content (AvgIpc) is 2.69. The summed E-state index contributed by atoms with van der Waals surface area (Å²) in [5.74, 6) is 0.252. The number of carbonyl (C=O) groups is 1. The first-order chi connectivity index (χ1) is 12.7. The summed E-state index contributed by atoms with van der Waals surface area (Å²) in [6.45, 7) is 1.82. The van der Waals surface area contributed by atoms with E-state index in [1.807, 2.05) is 37.3 Å². The number of nitrogens with zero attached hydrogens (tertiary/aromatic N) is 4. The second-order valence-corrected chi connectivity index (χ2v) is 5.45. The van der Waals surface area contributed by atoms with Gasteiger partial charge in [0.2, 0.25) is 11.5 Å². The van der Waals surface area contributed by atoms with Crippen molar-refractivity contribution in [3.05, 3.63) is 78.2 Å². The molecule has 0 spiro atoms. The van der Waals surface area contributed by atoms with Crippen molar-refractivity contribution in [2.45, 2.75) is 6.92 Å². The number of carbonyl (C=O) groups excluding carboxylic acids is 1. The minimum Gasteiger partial charge on any atom is -0.286 e. The van der Waals surface area contributed by atoms with Crippen LogP contribution in [0.15, 0.2) is 72.0 Å². The number of rotatable bonds is 5. The number of benzene rings is 2. The third kappa shape index (κ3) is 3.97. The van der Waals surface area contributed by atoms with Gasteiger partial charge in [-0.05, 0) is 25.1 Å². The molecule has 3 rings (SSSR count). The largest absolute Gasteiger partial charge is 0.286 e. The second-order valence-electron chi connectivity index (χ2n) is 5.45. The van der Waals surface area contributed by atoms with Crippen LogP contribution in [0, 0.1) is 18.3 Å². The Hall–Kier alpha value is -3.85. The van der Waals surface area contributed by atoms with Crippen LogP contribution < -0.4 is 5.43 Å². The zero-order valence-corrected chi connectivity index (χ0v) is 14.0. The van der Waals surface area contributed by atoms with Gasteiger partial charge in [0.25, 0.3) is 0 Å². The lowest BCUT2D eigenvalue weighted by Gasteiger charge is -2.05. The molecule has 0 unspecified atom stereocenters. The van der Waals surface area contributed by atoms with Gasteiger partial charge in [0.1, 0.15) is 11.9 Å². The monoisotopic (exact) mass is 341 g/mol. The first kappa shape index (κ1) is 17.0. The van der Waals surface area contributed by atoms with E-state index in [4.69, 9.17) is 0 Å². The fraction of sp³-hybridized carbons (Fsp3) is 0.0500. The normalized spacial score (nSPS) is 10.8. The number of hydrazone groups is 1. The Labute approximate surface area is 150 Å². The van der Waals surface area contributed by atoms with Crippen molar-refractivity contribution in [2.24, 2.45) is 5.10 Å².